The van der Waals surface area contributed by atoms with Crippen LogP contribution in [0.2, 0.25) is 0 Å². The summed E-state index contributed by atoms with van der Waals surface area (Å²) in [6.07, 6.45) is 3.79. The SMILES string of the molecule is C=CCC1(c2ccccc2)CC(c2ccccc2)ON1. The number of nitrogens with one attached hydrogen (secondary N) is 1. The van der Waals surface area contributed by atoms with Gasteiger partial charge in [0, 0.05) is 6.42 Å². The Balaban J connectivity index is 1.89. The maximum atomic E-state index is 5.86. The Morgan fingerprint density at radius 3 is 2.40 bits per heavy atom. The fourth-order valence-corrected chi connectivity index (χ4v) is 2.86. The van der Waals surface area contributed by atoms with Crippen LogP contribution in [0.4, 0.5) is 0 Å². The molecule has 102 valence electrons. The molecule has 0 bridgehead atoms. The highest BCUT2D eigenvalue weighted by molar-refractivity contribution is 5.28. The zero-order valence-corrected chi connectivity index (χ0v) is 11.5. The molecule has 1 aliphatic heterocycles. The minimum atomic E-state index is -0.177. The van der Waals surface area contributed by atoms with E-state index in [1.54, 1.807) is 0 Å². The second-order valence-electron chi connectivity index (χ2n) is 5.26. The second kappa shape index (κ2) is 5.61. The Morgan fingerprint density at radius 2 is 1.75 bits per heavy atom. The predicted molar refractivity (Wildman–Crippen MR) is 81.0 cm³/mol. The Labute approximate surface area is 120 Å². The molecular weight excluding hydrogens is 246 g/mol. The minimum absolute atomic E-state index is 0.0800. The van der Waals surface area contributed by atoms with Crippen LogP contribution in [0.15, 0.2) is 73.3 Å². The van der Waals surface area contributed by atoms with Crippen molar-refractivity contribution in [2.75, 3.05) is 0 Å². The van der Waals surface area contributed by atoms with E-state index < -0.39 is 0 Å². The lowest BCUT2D eigenvalue weighted by Gasteiger charge is -2.27. The first-order valence-electron chi connectivity index (χ1n) is 6.98. The van der Waals surface area contributed by atoms with Gasteiger partial charge in [-0.15, -0.1) is 6.58 Å². The van der Waals surface area contributed by atoms with Crippen LogP contribution >= 0.6 is 0 Å². The third-order valence-electron chi connectivity index (χ3n) is 3.92. The molecule has 0 aromatic heterocycles. The van der Waals surface area contributed by atoms with Gasteiger partial charge in [0.15, 0.2) is 0 Å². The average Bonchev–Trinajstić information content (AvgIpc) is 2.95. The molecule has 1 aliphatic rings. The van der Waals surface area contributed by atoms with Crippen LogP contribution in [0.3, 0.4) is 0 Å². The molecule has 20 heavy (non-hydrogen) atoms. The van der Waals surface area contributed by atoms with Crippen molar-refractivity contribution in [1.29, 1.82) is 0 Å². The molecule has 2 unspecified atom stereocenters. The number of benzene rings is 2. The van der Waals surface area contributed by atoms with Gasteiger partial charge in [-0.25, -0.2) is 0 Å². The van der Waals surface area contributed by atoms with E-state index in [1.807, 2.05) is 18.2 Å². The molecule has 2 aromatic rings. The summed E-state index contributed by atoms with van der Waals surface area (Å²) < 4.78 is 0. The second-order valence-corrected chi connectivity index (χ2v) is 5.26. The van der Waals surface area contributed by atoms with E-state index in [1.165, 1.54) is 11.1 Å². The molecule has 2 nitrogen and oxygen atoms in total. The summed E-state index contributed by atoms with van der Waals surface area (Å²) in [7, 11) is 0. The average molecular weight is 265 g/mol. The van der Waals surface area contributed by atoms with Gasteiger partial charge in [0.1, 0.15) is 6.10 Å². The standard InChI is InChI=1S/C18H19NO/c1-2-13-18(16-11-7-4-8-12-16)14-17(20-19-18)15-9-5-3-6-10-15/h2-12,17,19H,1,13-14H2. The lowest BCUT2D eigenvalue weighted by molar-refractivity contribution is 0.01000. The Morgan fingerprint density at radius 1 is 1.10 bits per heavy atom. The first-order valence-corrected chi connectivity index (χ1v) is 6.98. The molecule has 2 heteroatoms. The molecule has 1 saturated heterocycles. The third kappa shape index (κ3) is 2.40. The van der Waals surface area contributed by atoms with Gasteiger partial charge in [-0.05, 0) is 17.5 Å². The maximum absolute atomic E-state index is 5.86. The fourth-order valence-electron chi connectivity index (χ4n) is 2.86. The van der Waals surface area contributed by atoms with Crippen LogP contribution in [-0.4, -0.2) is 0 Å². The topological polar surface area (TPSA) is 21.3 Å². The van der Waals surface area contributed by atoms with Crippen LogP contribution in [0.5, 0.6) is 0 Å². The van der Waals surface area contributed by atoms with Crippen LogP contribution in [-0.2, 0) is 10.4 Å². The molecular formula is C18H19NO. The Kier molecular flexibility index (Phi) is 3.68. The fraction of sp³-hybridized carbons (Fsp3) is 0.222. The van der Waals surface area contributed by atoms with Crippen molar-refractivity contribution < 1.29 is 4.84 Å². The van der Waals surface area contributed by atoms with Crippen molar-refractivity contribution in [2.24, 2.45) is 0 Å². The molecule has 3 rings (SSSR count). The van der Waals surface area contributed by atoms with Gasteiger partial charge < -0.3 is 0 Å². The van der Waals surface area contributed by atoms with Gasteiger partial charge in [-0.1, -0.05) is 66.7 Å². The van der Waals surface area contributed by atoms with Crippen molar-refractivity contribution in [3.05, 3.63) is 84.4 Å². The summed E-state index contributed by atoms with van der Waals surface area (Å²) >= 11 is 0. The van der Waals surface area contributed by atoms with Crippen molar-refractivity contribution in [1.82, 2.24) is 5.48 Å². The zero-order valence-electron chi connectivity index (χ0n) is 11.5. The molecule has 2 aromatic carbocycles. The summed E-state index contributed by atoms with van der Waals surface area (Å²) in [5.74, 6) is 0. The first kappa shape index (κ1) is 13.1. The van der Waals surface area contributed by atoms with Crippen molar-refractivity contribution in [2.45, 2.75) is 24.5 Å². The van der Waals surface area contributed by atoms with Gasteiger partial charge in [0.05, 0.1) is 5.54 Å². The molecule has 0 amide bonds. The van der Waals surface area contributed by atoms with E-state index in [2.05, 4.69) is 60.6 Å². The summed E-state index contributed by atoms with van der Waals surface area (Å²) in [6.45, 7) is 3.90. The molecule has 0 spiro atoms. The molecule has 0 radical (unpaired) electrons. The summed E-state index contributed by atoms with van der Waals surface area (Å²) in [6, 6.07) is 20.8. The highest BCUT2D eigenvalue weighted by atomic mass is 16.7. The van der Waals surface area contributed by atoms with Crippen LogP contribution in [0, 0.1) is 0 Å². The molecule has 0 saturated carbocycles. The molecule has 0 aliphatic carbocycles. The lowest BCUT2D eigenvalue weighted by atomic mass is 9.82. The number of hydroxylamine groups is 1. The molecule has 1 N–H and O–H groups in total. The van der Waals surface area contributed by atoms with Gasteiger partial charge >= 0.3 is 0 Å². The van der Waals surface area contributed by atoms with Crippen LogP contribution in [0.1, 0.15) is 30.1 Å². The van der Waals surface area contributed by atoms with E-state index in [9.17, 15) is 0 Å². The smallest absolute Gasteiger partial charge is 0.106 e. The van der Waals surface area contributed by atoms with Crippen LogP contribution in [0.25, 0.3) is 0 Å². The normalized spacial score (nSPS) is 25.5. The molecule has 1 heterocycles. The number of hydrogen-bond acceptors (Lipinski definition) is 2. The maximum Gasteiger partial charge on any atom is 0.106 e. The van der Waals surface area contributed by atoms with Crippen molar-refractivity contribution in [3.8, 4) is 0 Å². The van der Waals surface area contributed by atoms with Crippen molar-refractivity contribution in [3.63, 3.8) is 0 Å². The zero-order chi connectivity index (χ0) is 13.8. The molecule has 1 fully saturated rings. The lowest BCUT2D eigenvalue weighted by Crippen LogP contribution is -2.35. The van der Waals surface area contributed by atoms with E-state index in [0.717, 1.165) is 12.8 Å². The first-order chi connectivity index (χ1) is 9.84. The van der Waals surface area contributed by atoms with E-state index in [0.29, 0.717) is 0 Å². The van der Waals surface area contributed by atoms with Gasteiger partial charge in [-0.2, -0.15) is 5.48 Å². The summed E-state index contributed by atoms with van der Waals surface area (Å²) in [5.41, 5.74) is 5.55. The van der Waals surface area contributed by atoms with Gasteiger partial charge in [-0.3, -0.25) is 4.84 Å². The summed E-state index contributed by atoms with van der Waals surface area (Å²) in [5, 5.41) is 0. The highest BCUT2D eigenvalue weighted by Crippen LogP contribution is 2.41. The Hall–Kier alpha value is -1.90. The predicted octanol–water partition coefficient (Wildman–Crippen LogP) is 4.12. The van der Waals surface area contributed by atoms with E-state index >= 15 is 0 Å². The van der Waals surface area contributed by atoms with Gasteiger partial charge in [0.2, 0.25) is 0 Å². The van der Waals surface area contributed by atoms with E-state index in [-0.39, 0.29) is 11.6 Å². The largest absolute Gasteiger partial charge is 0.293 e. The van der Waals surface area contributed by atoms with Crippen molar-refractivity contribution >= 4 is 0 Å². The monoisotopic (exact) mass is 265 g/mol. The minimum Gasteiger partial charge on any atom is -0.293 e. The highest BCUT2D eigenvalue weighted by Gasteiger charge is 2.41. The number of rotatable bonds is 4. The van der Waals surface area contributed by atoms with E-state index in [4.69, 9.17) is 4.84 Å². The van der Waals surface area contributed by atoms with Gasteiger partial charge in [0.25, 0.3) is 0 Å². The Bertz CT molecular complexity index is 566. The summed E-state index contributed by atoms with van der Waals surface area (Å²) in [4.78, 5) is 5.86. The third-order valence-corrected chi connectivity index (χ3v) is 3.92. The number of hydrogen-bond donors (Lipinski definition) is 1. The van der Waals surface area contributed by atoms with Crippen LogP contribution < -0.4 is 5.48 Å². The molecule has 2 atom stereocenters. The quantitative estimate of drug-likeness (QED) is 0.839.